The number of hydrogen-bond donors (Lipinski definition) is 2. The molecule has 3 aromatic carbocycles. The molecule has 0 amide bonds. The van der Waals surface area contributed by atoms with Gasteiger partial charge in [-0.25, -0.2) is 0 Å². The van der Waals surface area contributed by atoms with Crippen LogP contribution in [0.25, 0.3) is 11.1 Å². The lowest BCUT2D eigenvalue weighted by Crippen LogP contribution is -2.45. The largest absolute Gasteiger partial charge is 0.392 e. The zero-order valence-electron chi connectivity index (χ0n) is 21.2. The van der Waals surface area contributed by atoms with Gasteiger partial charge in [0.15, 0.2) is 6.29 Å². The fraction of sp³-hybridized carbons (Fsp3) is 0.419. The second kappa shape index (κ2) is 11.7. The van der Waals surface area contributed by atoms with Gasteiger partial charge in [-0.1, -0.05) is 80.1 Å². The molecule has 5 nitrogen and oxygen atoms in total. The summed E-state index contributed by atoms with van der Waals surface area (Å²) >= 11 is 0. The third-order valence-electron chi connectivity index (χ3n) is 7.69. The second-order valence-corrected chi connectivity index (χ2v) is 10.2. The van der Waals surface area contributed by atoms with Crippen LogP contribution in [0.4, 0.5) is 0 Å². The van der Waals surface area contributed by atoms with Crippen molar-refractivity contribution < 1.29 is 14.6 Å². The molecule has 4 atom stereocenters. The SMILES string of the molecule is C[C@@H]1[C@H](CN2CCCCC2)O[C@H](c2ccc(-c3cccc(CN)c3)cc2)O[C@@H]1c1ccc(CO)cc1. The summed E-state index contributed by atoms with van der Waals surface area (Å²) in [5.74, 6) is 0.210. The first-order chi connectivity index (χ1) is 17.6. The summed E-state index contributed by atoms with van der Waals surface area (Å²) in [4.78, 5) is 2.55. The second-order valence-electron chi connectivity index (χ2n) is 10.2. The molecule has 0 aliphatic carbocycles. The van der Waals surface area contributed by atoms with Gasteiger partial charge in [0.1, 0.15) is 0 Å². The average molecular weight is 487 g/mol. The van der Waals surface area contributed by atoms with Crippen LogP contribution >= 0.6 is 0 Å². The van der Waals surface area contributed by atoms with Gasteiger partial charge in [-0.3, -0.25) is 0 Å². The van der Waals surface area contributed by atoms with Crippen LogP contribution in [-0.2, 0) is 22.6 Å². The highest BCUT2D eigenvalue weighted by molar-refractivity contribution is 5.64. The Hall–Kier alpha value is -2.54. The van der Waals surface area contributed by atoms with Gasteiger partial charge in [0.2, 0.25) is 0 Å². The van der Waals surface area contributed by atoms with E-state index in [9.17, 15) is 5.11 Å². The summed E-state index contributed by atoms with van der Waals surface area (Å²) in [7, 11) is 0. The van der Waals surface area contributed by atoms with E-state index in [0.717, 1.165) is 53.0 Å². The Bertz CT molecular complexity index is 1110. The number of likely N-dealkylation sites (tertiary alicyclic amines) is 1. The smallest absolute Gasteiger partial charge is 0.184 e. The Morgan fingerprint density at radius 1 is 0.833 bits per heavy atom. The molecule has 2 aliphatic heterocycles. The van der Waals surface area contributed by atoms with Gasteiger partial charge in [-0.05, 0) is 59.8 Å². The summed E-state index contributed by atoms with van der Waals surface area (Å²) in [6, 6.07) is 25.0. The Kier molecular flexibility index (Phi) is 8.15. The van der Waals surface area contributed by atoms with Crippen LogP contribution in [0.15, 0.2) is 72.8 Å². The summed E-state index contributed by atoms with van der Waals surface area (Å²) in [6.45, 7) is 6.03. The predicted molar refractivity (Wildman–Crippen MR) is 143 cm³/mol. The van der Waals surface area contributed by atoms with Gasteiger partial charge in [-0.15, -0.1) is 0 Å². The van der Waals surface area contributed by atoms with Crippen molar-refractivity contribution in [3.63, 3.8) is 0 Å². The maximum atomic E-state index is 9.48. The van der Waals surface area contributed by atoms with Gasteiger partial charge in [0.25, 0.3) is 0 Å². The minimum absolute atomic E-state index is 0.0468. The quantitative estimate of drug-likeness (QED) is 0.456. The molecule has 0 unspecified atom stereocenters. The molecule has 5 rings (SSSR count). The number of aliphatic hydroxyl groups excluding tert-OH is 1. The zero-order chi connectivity index (χ0) is 24.9. The molecule has 0 radical (unpaired) electrons. The molecule has 2 saturated heterocycles. The van der Waals surface area contributed by atoms with Crippen LogP contribution in [-0.4, -0.2) is 35.7 Å². The van der Waals surface area contributed by atoms with Crippen LogP contribution in [0.5, 0.6) is 0 Å². The summed E-state index contributed by atoms with van der Waals surface area (Å²) < 4.78 is 13.3. The molecule has 2 heterocycles. The molecule has 190 valence electrons. The van der Waals surface area contributed by atoms with E-state index in [1.54, 1.807) is 0 Å². The predicted octanol–water partition coefficient (Wildman–Crippen LogP) is 5.58. The first-order valence-corrected chi connectivity index (χ1v) is 13.3. The summed E-state index contributed by atoms with van der Waals surface area (Å²) in [5.41, 5.74) is 12.3. The van der Waals surface area contributed by atoms with E-state index in [1.165, 1.54) is 19.3 Å². The van der Waals surface area contributed by atoms with Crippen molar-refractivity contribution in [2.45, 2.75) is 57.8 Å². The molecule has 0 aromatic heterocycles. The van der Waals surface area contributed by atoms with E-state index in [1.807, 2.05) is 12.1 Å². The van der Waals surface area contributed by atoms with Crippen molar-refractivity contribution in [2.75, 3.05) is 19.6 Å². The van der Waals surface area contributed by atoms with Gasteiger partial charge in [0.05, 0.1) is 18.8 Å². The third kappa shape index (κ3) is 5.72. The van der Waals surface area contributed by atoms with Crippen LogP contribution in [0.2, 0.25) is 0 Å². The topological polar surface area (TPSA) is 68.0 Å². The van der Waals surface area contributed by atoms with E-state index in [2.05, 4.69) is 72.5 Å². The van der Waals surface area contributed by atoms with Crippen LogP contribution < -0.4 is 5.73 Å². The lowest BCUT2D eigenvalue weighted by atomic mass is 9.89. The molecule has 2 aliphatic rings. The van der Waals surface area contributed by atoms with Gasteiger partial charge in [0, 0.05) is 24.6 Å². The lowest BCUT2D eigenvalue weighted by Gasteiger charge is -2.43. The van der Waals surface area contributed by atoms with Crippen molar-refractivity contribution in [3.8, 4) is 11.1 Å². The lowest BCUT2D eigenvalue weighted by molar-refractivity contribution is -0.276. The Morgan fingerprint density at radius 2 is 1.56 bits per heavy atom. The minimum atomic E-state index is -0.428. The van der Waals surface area contributed by atoms with Crippen molar-refractivity contribution in [2.24, 2.45) is 11.7 Å². The van der Waals surface area contributed by atoms with Crippen LogP contribution in [0.1, 0.15) is 60.8 Å². The van der Waals surface area contributed by atoms with Gasteiger partial charge < -0.3 is 25.2 Å². The van der Waals surface area contributed by atoms with E-state index < -0.39 is 6.29 Å². The number of nitrogens with two attached hydrogens (primary N) is 1. The Balaban J connectivity index is 1.39. The maximum Gasteiger partial charge on any atom is 0.184 e. The molecule has 0 spiro atoms. The van der Waals surface area contributed by atoms with Gasteiger partial charge >= 0.3 is 0 Å². The molecular weight excluding hydrogens is 448 g/mol. The number of piperidine rings is 1. The van der Waals surface area contributed by atoms with Crippen LogP contribution in [0, 0.1) is 5.92 Å². The number of aliphatic hydroxyl groups is 1. The zero-order valence-corrected chi connectivity index (χ0v) is 21.2. The Morgan fingerprint density at radius 3 is 2.25 bits per heavy atom. The highest BCUT2D eigenvalue weighted by Crippen LogP contribution is 2.42. The molecule has 3 N–H and O–H groups in total. The molecule has 0 saturated carbocycles. The van der Waals surface area contributed by atoms with Crippen molar-refractivity contribution in [1.82, 2.24) is 4.90 Å². The fourth-order valence-electron chi connectivity index (χ4n) is 5.44. The number of ether oxygens (including phenoxy) is 2. The Labute approximate surface area is 214 Å². The summed E-state index contributed by atoms with van der Waals surface area (Å²) in [6.07, 6.45) is 3.42. The highest BCUT2D eigenvalue weighted by atomic mass is 16.7. The van der Waals surface area contributed by atoms with E-state index >= 15 is 0 Å². The molecule has 5 heteroatoms. The average Bonchev–Trinajstić information content (AvgIpc) is 2.95. The molecule has 0 bridgehead atoms. The normalized spacial score (nSPS) is 25.1. The van der Waals surface area contributed by atoms with Crippen LogP contribution in [0.3, 0.4) is 0 Å². The fourth-order valence-corrected chi connectivity index (χ4v) is 5.44. The standard InChI is InChI=1S/C31H38N2O3/c1-22-29(20-33-16-3-2-4-17-33)35-31(36-30(22)26-10-8-23(21-34)9-11-26)27-14-12-25(13-15-27)28-7-5-6-24(18-28)19-32/h5-15,18,22,29-31,34H,2-4,16-17,19-21,32H2,1H3/t22-,29+,30+,31+/m1/s1. The first-order valence-electron chi connectivity index (χ1n) is 13.3. The number of rotatable bonds is 7. The van der Waals surface area contributed by atoms with E-state index in [4.69, 9.17) is 15.2 Å². The number of benzene rings is 3. The first kappa shape index (κ1) is 25.1. The molecular formula is C31H38N2O3. The monoisotopic (exact) mass is 486 g/mol. The van der Waals surface area contributed by atoms with E-state index in [0.29, 0.717) is 6.54 Å². The highest BCUT2D eigenvalue weighted by Gasteiger charge is 2.39. The van der Waals surface area contributed by atoms with Gasteiger partial charge in [-0.2, -0.15) is 0 Å². The molecule has 3 aromatic rings. The van der Waals surface area contributed by atoms with Crippen molar-refractivity contribution >= 4 is 0 Å². The third-order valence-corrected chi connectivity index (χ3v) is 7.69. The number of nitrogens with zero attached hydrogens (tertiary/aromatic N) is 1. The molecule has 36 heavy (non-hydrogen) atoms. The van der Waals surface area contributed by atoms with Crippen molar-refractivity contribution in [1.29, 1.82) is 0 Å². The van der Waals surface area contributed by atoms with Crippen molar-refractivity contribution in [3.05, 3.63) is 95.1 Å². The minimum Gasteiger partial charge on any atom is -0.392 e. The summed E-state index contributed by atoms with van der Waals surface area (Å²) in [5, 5.41) is 9.48. The maximum absolute atomic E-state index is 9.48. The van der Waals surface area contributed by atoms with E-state index in [-0.39, 0.29) is 24.7 Å². The number of hydrogen-bond acceptors (Lipinski definition) is 5. The molecule has 2 fully saturated rings.